The number of hydrogen-bond acceptors (Lipinski definition) is 1. The maximum atomic E-state index is 5.68. The molecule has 2 unspecified atom stereocenters. The highest BCUT2D eigenvalue weighted by molar-refractivity contribution is 9.09. The Hall–Kier alpha value is -0.500. The van der Waals surface area contributed by atoms with Gasteiger partial charge in [0.2, 0.25) is 0 Å². The number of halogens is 1. The summed E-state index contributed by atoms with van der Waals surface area (Å²) in [5.41, 5.74) is 1.34. The molecule has 12 heavy (non-hydrogen) atoms. The minimum Gasteiger partial charge on any atom is -0.490 e. The van der Waals surface area contributed by atoms with Gasteiger partial charge in [-0.3, -0.25) is 0 Å². The summed E-state index contributed by atoms with van der Waals surface area (Å²) < 4.78 is 5.68. The van der Waals surface area contributed by atoms with Gasteiger partial charge in [0.05, 0.1) is 0 Å². The van der Waals surface area contributed by atoms with Gasteiger partial charge in [-0.15, -0.1) is 0 Å². The number of hydrogen-bond donors (Lipinski definition) is 0. The van der Waals surface area contributed by atoms with Gasteiger partial charge in [-0.2, -0.15) is 0 Å². The van der Waals surface area contributed by atoms with Crippen molar-refractivity contribution < 1.29 is 4.74 Å². The van der Waals surface area contributed by atoms with E-state index in [4.69, 9.17) is 4.74 Å². The second-order valence-corrected chi connectivity index (χ2v) is 3.77. The molecule has 1 heterocycles. The van der Waals surface area contributed by atoms with E-state index in [0.717, 1.165) is 11.1 Å². The first-order valence-electron chi connectivity index (χ1n) is 4.14. The van der Waals surface area contributed by atoms with Gasteiger partial charge in [0.1, 0.15) is 11.9 Å². The van der Waals surface area contributed by atoms with Crippen LogP contribution in [0, 0.1) is 0 Å². The standard InChI is InChI=1S/C10H11BrO/c1-7-9(6-11)8-4-2-3-5-10(8)12-7/h2-5,7,9H,6H2,1H3. The zero-order chi connectivity index (χ0) is 8.55. The average Bonchev–Trinajstić information content (AvgIpc) is 2.40. The largest absolute Gasteiger partial charge is 0.490 e. The predicted octanol–water partition coefficient (Wildman–Crippen LogP) is 2.95. The van der Waals surface area contributed by atoms with Crippen LogP contribution >= 0.6 is 15.9 Å². The van der Waals surface area contributed by atoms with Crippen molar-refractivity contribution in [3.05, 3.63) is 29.8 Å². The van der Waals surface area contributed by atoms with Crippen molar-refractivity contribution in [2.75, 3.05) is 5.33 Å². The van der Waals surface area contributed by atoms with Crippen LogP contribution in [0.2, 0.25) is 0 Å². The Morgan fingerprint density at radius 1 is 1.42 bits per heavy atom. The van der Waals surface area contributed by atoms with E-state index in [0.29, 0.717) is 12.0 Å². The van der Waals surface area contributed by atoms with Crippen LogP contribution in [-0.2, 0) is 0 Å². The Morgan fingerprint density at radius 3 is 2.92 bits per heavy atom. The molecule has 1 nitrogen and oxygen atoms in total. The fourth-order valence-corrected chi connectivity index (χ4v) is 2.51. The molecule has 1 aromatic carbocycles. The van der Waals surface area contributed by atoms with Crippen LogP contribution in [0.25, 0.3) is 0 Å². The predicted molar refractivity (Wildman–Crippen MR) is 53.1 cm³/mol. The molecule has 2 rings (SSSR count). The lowest BCUT2D eigenvalue weighted by molar-refractivity contribution is 0.234. The maximum Gasteiger partial charge on any atom is 0.123 e. The summed E-state index contributed by atoms with van der Waals surface area (Å²) in [5, 5.41) is 0.977. The van der Waals surface area contributed by atoms with Gasteiger partial charge in [0.25, 0.3) is 0 Å². The number of rotatable bonds is 1. The number of benzene rings is 1. The molecule has 0 N–H and O–H groups in total. The van der Waals surface area contributed by atoms with Gasteiger partial charge in [-0.05, 0) is 13.0 Å². The SMILES string of the molecule is CC1Oc2ccccc2C1CBr. The quantitative estimate of drug-likeness (QED) is 0.670. The minimum absolute atomic E-state index is 0.307. The molecule has 0 saturated heterocycles. The average molecular weight is 227 g/mol. The van der Waals surface area contributed by atoms with E-state index in [2.05, 4.69) is 35.0 Å². The van der Waals surface area contributed by atoms with Crippen LogP contribution < -0.4 is 4.74 Å². The Morgan fingerprint density at radius 2 is 2.17 bits per heavy atom. The summed E-state index contributed by atoms with van der Waals surface area (Å²) in [5.74, 6) is 1.57. The van der Waals surface area contributed by atoms with Crippen molar-refractivity contribution in [3.63, 3.8) is 0 Å². The molecule has 64 valence electrons. The molecular weight excluding hydrogens is 216 g/mol. The van der Waals surface area contributed by atoms with Gasteiger partial charge in [-0.25, -0.2) is 0 Å². The lowest BCUT2D eigenvalue weighted by Gasteiger charge is -2.10. The van der Waals surface area contributed by atoms with Gasteiger partial charge in [0, 0.05) is 16.8 Å². The topological polar surface area (TPSA) is 9.23 Å². The summed E-state index contributed by atoms with van der Waals surface area (Å²) in [7, 11) is 0. The van der Waals surface area contributed by atoms with Crippen LogP contribution in [0.4, 0.5) is 0 Å². The molecule has 0 aromatic heterocycles. The summed E-state index contributed by atoms with van der Waals surface area (Å²) in [4.78, 5) is 0. The summed E-state index contributed by atoms with van der Waals surface area (Å²) in [6, 6.07) is 8.26. The van der Waals surface area contributed by atoms with Gasteiger partial charge in [0.15, 0.2) is 0 Å². The molecule has 1 aliphatic heterocycles. The van der Waals surface area contributed by atoms with E-state index >= 15 is 0 Å². The molecule has 0 amide bonds. The summed E-state index contributed by atoms with van der Waals surface area (Å²) in [6.45, 7) is 2.12. The van der Waals surface area contributed by atoms with E-state index in [1.165, 1.54) is 5.56 Å². The third kappa shape index (κ3) is 1.14. The maximum absolute atomic E-state index is 5.68. The first-order valence-corrected chi connectivity index (χ1v) is 5.26. The molecule has 2 atom stereocenters. The lowest BCUT2D eigenvalue weighted by atomic mass is 9.99. The fourth-order valence-electron chi connectivity index (χ4n) is 1.64. The van der Waals surface area contributed by atoms with Crippen LogP contribution in [-0.4, -0.2) is 11.4 Å². The second-order valence-electron chi connectivity index (χ2n) is 3.12. The second kappa shape index (κ2) is 3.09. The monoisotopic (exact) mass is 226 g/mol. The molecule has 0 spiro atoms. The highest BCUT2D eigenvalue weighted by Crippen LogP contribution is 2.38. The van der Waals surface area contributed by atoms with Crippen molar-refractivity contribution in [2.24, 2.45) is 0 Å². The van der Waals surface area contributed by atoms with E-state index in [1.807, 2.05) is 12.1 Å². The molecule has 2 heteroatoms. The Bertz CT molecular complexity index is 285. The van der Waals surface area contributed by atoms with Gasteiger partial charge in [-0.1, -0.05) is 34.1 Å². The molecular formula is C10H11BrO. The molecule has 0 bridgehead atoms. The molecule has 1 aromatic rings. The van der Waals surface area contributed by atoms with Crippen molar-refractivity contribution in [1.29, 1.82) is 0 Å². The normalized spacial score (nSPS) is 26.5. The van der Waals surface area contributed by atoms with Crippen LogP contribution in [0.1, 0.15) is 18.4 Å². The third-order valence-corrected chi connectivity index (χ3v) is 3.06. The summed E-state index contributed by atoms with van der Waals surface area (Å²) >= 11 is 3.51. The van der Waals surface area contributed by atoms with E-state index < -0.39 is 0 Å². The Kier molecular flexibility index (Phi) is 2.09. The van der Waals surface area contributed by atoms with Crippen LogP contribution in [0.5, 0.6) is 5.75 Å². The third-order valence-electron chi connectivity index (χ3n) is 2.36. The molecule has 0 fully saturated rings. The highest BCUT2D eigenvalue weighted by Gasteiger charge is 2.29. The number of alkyl halides is 1. The van der Waals surface area contributed by atoms with E-state index in [9.17, 15) is 0 Å². The molecule has 0 radical (unpaired) electrons. The number of fused-ring (bicyclic) bond motifs is 1. The fraction of sp³-hybridized carbons (Fsp3) is 0.400. The van der Waals surface area contributed by atoms with Gasteiger partial charge < -0.3 is 4.74 Å². The van der Waals surface area contributed by atoms with Crippen LogP contribution in [0.15, 0.2) is 24.3 Å². The van der Waals surface area contributed by atoms with Crippen molar-refractivity contribution in [3.8, 4) is 5.75 Å². The molecule has 1 aliphatic rings. The Balaban J connectivity index is 2.40. The van der Waals surface area contributed by atoms with E-state index in [1.54, 1.807) is 0 Å². The lowest BCUT2D eigenvalue weighted by Crippen LogP contribution is -2.14. The van der Waals surface area contributed by atoms with Crippen LogP contribution in [0.3, 0.4) is 0 Å². The number of para-hydroxylation sites is 1. The zero-order valence-electron chi connectivity index (χ0n) is 6.96. The van der Waals surface area contributed by atoms with Crippen molar-refractivity contribution >= 4 is 15.9 Å². The highest BCUT2D eigenvalue weighted by atomic mass is 79.9. The zero-order valence-corrected chi connectivity index (χ0v) is 8.54. The van der Waals surface area contributed by atoms with E-state index in [-0.39, 0.29) is 0 Å². The van der Waals surface area contributed by atoms with Crippen molar-refractivity contribution in [1.82, 2.24) is 0 Å². The first kappa shape index (κ1) is 8.11. The molecule has 0 saturated carbocycles. The number of ether oxygens (including phenoxy) is 1. The first-order chi connectivity index (χ1) is 5.83. The smallest absolute Gasteiger partial charge is 0.123 e. The minimum atomic E-state index is 0.307. The van der Waals surface area contributed by atoms with Gasteiger partial charge >= 0.3 is 0 Å². The molecule has 0 aliphatic carbocycles. The summed E-state index contributed by atoms with van der Waals surface area (Å²) in [6.07, 6.45) is 0.307. The Labute approximate surface area is 80.9 Å². The van der Waals surface area contributed by atoms with Crippen molar-refractivity contribution in [2.45, 2.75) is 18.9 Å².